The van der Waals surface area contributed by atoms with Gasteiger partial charge >= 0.3 is 6.18 Å². The lowest BCUT2D eigenvalue weighted by Gasteiger charge is -2.29. The second-order valence-electron chi connectivity index (χ2n) is 6.79. The van der Waals surface area contributed by atoms with E-state index < -0.39 is 21.8 Å². The van der Waals surface area contributed by atoms with E-state index in [1.165, 1.54) is 41.6 Å². The Labute approximate surface area is 156 Å². The average Bonchev–Trinajstić information content (AvgIpc) is 2.61. The zero-order chi connectivity index (χ0) is 19.8. The number of halogens is 3. The van der Waals surface area contributed by atoms with Crippen molar-refractivity contribution in [3.05, 3.63) is 53.6 Å². The van der Waals surface area contributed by atoms with Gasteiger partial charge < -0.3 is 5.73 Å². The van der Waals surface area contributed by atoms with Crippen LogP contribution in [0.5, 0.6) is 0 Å². The van der Waals surface area contributed by atoms with Crippen molar-refractivity contribution < 1.29 is 21.6 Å². The van der Waals surface area contributed by atoms with Gasteiger partial charge in [-0.25, -0.2) is 8.42 Å². The average molecular weight is 398 g/mol. The van der Waals surface area contributed by atoms with Crippen molar-refractivity contribution in [1.29, 1.82) is 0 Å². The summed E-state index contributed by atoms with van der Waals surface area (Å²) in [5.74, 6) is 0. The lowest BCUT2D eigenvalue weighted by Crippen LogP contribution is -2.42. The molecule has 0 atom stereocenters. The molecule has 0 spiro atoms. The minimum Gasteiger partial charge on any atom is -0.328 e. The maximum Gasteiger partial charge on any atom is 0.416 e. The van der Waals surface area contributed by atoms with Gasteiger partial charge in [-0.05, 0) is 54.7 Å². The summed E-state index contributed by atoms with van der Waals surface area (Å²) in [7, 11) is -3.62. The summed E-state index contributed by atoms with van der Waals surface area (Å²) in [6, 6.07) is 10.1. The number of sulfonamides is 1. The van der Waals surface area contributed by atoms with E-state index in [1.54, 1.807) is 6.07 Å². The van der Waals surface area contributed by atoms with Crippen LogP contribution >= 0.6 is 0 Å². The third-order valence-corrected chi connectivity index (χ3v) is 6.78. The van der Waals surface area contributed by atoms with Gasteiger partial charge in [0.25, 0.3) is 0 Å². The van der Waals surface area contributed by atoms with E-state index in [-0.39, 0.29) is 16.5 Å². The zero-order valence-corrected chi connectivity index (χ0v) is 15.6. The summed E-state index contributed by atoms with van der Waals surface area (Å²) in [5, 5.41) is 0. The molecule has 1 aliphatic heterocycles. The van der Waals surface area contributed by atoms with Gasteiger partial charge in [0.05, 0.1) is 10.5 Å². The van der Waals surface area contributed by atoms with Crippen LogP contribution < -0.4 is 5.73 Å². The first kappa shape index (κ1) is 19.9. The third kappa shape index (κ3) is 4.17. The minimum absolute atomic E-state index is 0.0168. The third-order valence-electron chi connectivity index (χ3n) is 4.87. The summed E-state index contributed by atoms with van der Waals surface area (Å²) < 4.78 is 66.1. The molecule has 0 amide bonds. The molecule has 1 aliphatic rings. The molecule has 0 saturated carbocycles. The van der Waals surface area contributed by atoms with Crippen molar-refractivity contribution in [3.8, 4) is 11.1 Å². The molecule has 0 aromatic heterocycles. The molecule has 0 aliphatic carbocycles. The lowest BCUT2D eigenvalue weighted by atomic mass is 9.99. The molecular weight excluding hydrogens is 377 g/mol. The normalized spacial score (nSPS) is 17.2. The van der Waals surface area contributed by atoms with Gasteiger partial charge in [-0.1, -0.05) is 24.3 Å². The summed E-state index contributed by atoms with van der Waals surface area (Å²) >= 11 is 0. The molecular formula is C19H21F3N2O2S. The quantitative estimate of drug-likeness (QED) is 0.856. The molecule has 2 aromatic rings. The Hall–Kier alpha value is -1.90. The SMILES string of the molecule is Cc1ccc(-c2ccc(S(=O)(=O)N3CCC(N)CC3)cc2)cc1C(F)(F)F. The van der Waals surface area contributed by atoms with E-state index in [1.807, 2.05) is 0 Å². The van der Waals surface area contributed by atoms with Gasteiger partial charge in [0, 0.05) is 19.1 Å². The Morgan fingerprint density at radius 2 is 1.56 bits per heavy atom. The standard InChI is InChI=1S/C19H21F3N2O2S/c1-13-2-3-15(12-18(13)19(20,21)22)14-4-6-17(7-5-14)27(25,26)24-10-8-16(23)9-11-24/h2-7,12,16H,8-11,23H2,1H3. The van der Waals surface area contributed by atoms with E-state index >= 15 is 0 Å². The predicted octanol–water partition coefficient (Wildman–Crippen LogP) is 3.79. The van der Waals surface area contributed by atoms with Crippen molar-refractivity contribution in [2.24, 2.45) is 5.73 Å². The van der Waals surface area contributed by atoms with Crippen LogP contribution in [0.1, 0.15) is 24.0 Å². The summed E-state index contributed by atoms with van der Waals surface area (Å²) in [5.41, 5.74) is 6.19. The van der Waals surface area contributed by atoms with Crippen LogP contribution in [0, 0.1) is 6.92 Å². The molecule has 3 rings (SSSR count). The molecule has 2 aromatic carbocycles. The fourth-order valence-corrected chi connectivity index (χ4v) is 4.66. The molecule has 0 radical (unpaired) electrons. The highest BCUT2D eigenvalue weighted by atomic mass is 32.2. The maximum atomic E-state index is 13.1. The second-order valence-corrected chi connectivity index (χ2v) is 8.73. The summed E-state index contributed by atoms with van der Waals surface area (Å²) in [6.07, 6.45) is -3.21. The largest absolute Gasteiger partial charge is 0.416 e. The van der Waals surface area contributed by atoms with Crippen LogP contribution in [0.25, 0.3) is 11.1 Å². The highest BCUT2D eigenvalue weighted by Gasteiger charge is 2.32. The van der Waals surface area contributed by atoms with Gasteiger partial charge in [-0.2, -0.15) is 17.5 Å². The van der Waals surface area contributed by atoms with Crippen LogP contribution in [-0.2, 0) is 16.2 Å². The first-order valence-electron chi connectivity index (χ1n) is 8.63. The fourth-order valence-electron chi connectivity index (χ4n) is 3.19. The molecule has 8 heteroatoms. The van der Waals surface area contributed by atoms with E-state index in [0.717, 1.165) is 6.07 Å². The summed E-state index contributed by atoms with van der Waals surface area (Å²) in [4.78, 5) is 0.130. The molecule has 4 nitrogen and oxygen atoms in total. The number of nitrogens with zero attached hydrogens (tertiary/aromatic N) is 1. The molecule has 0 unspecified atom stereocenters. The van der Waals surface area contributed by atoms with Gasteiger partial charge in [0.1, 0.15) is 0 Å². The highest BCUT2D eigenvalue weighted by molar-refractivity contribution is 7.89. The Balaban J connectivity index is 1.88. The first-order valence-corrected chi connectivity index (χ1v) is 10.1. The number of nitrogens with two attached hydrogens (primary N) is 1. The second kappa shape index (κ2) is 7.26. The molecule has 2 N–H and O–H groups in total. The molecule has 1 fully saturated rings. The Kier molecular flexibility index (Phi) is 5.33. The zero-order valence-electron chi connectivity index (χ0n) is 14.8. The van der Waals surface area contributed by atoms with Crippen LogP contribution in [0.4, 0.5) is 13.2 Å². The number of hydrogen-bond acceptors (Lipinski definition) is 3. The van der Waals surface area contributed by atoms with E-state index in [0.29, 0.717) is 37.1 Å². The topological polar surface area (TPSA) is 63.4 Å². The first-order chi connectivity index (χ1) is 12.6. The Morgan fingerprint density at radius 3 is 2.11 bits per heavy atom. The van der Waals surface area contributed by atoms with Gasteiger partial charge in [0.15, 0.2) is 0 Å². The molecule has 0 bridgehead atoms. The van der Waals surface area contributed by atoms with Crippen LogP contribution in [-0.4, -0.2) is 31.9 Å². The van der Waals surface area contributed by atoms with Crippen LogP contribution in [0.2, 0.25) is 0 Å². The van der Waals surface area contributed by atoms with Crippen LogP contribution in [0.3, 0.4) is 0 Å². The summed E-state index contributed by atoms with van der Waals surface area (Å²) in [6.45, 7) is 2.16. The fraction of sp³-hybridized carbons (Fsp3) is 0.368. The highest BCUT2D eigenvalue weighted by Crippen LogP contribution is 2.35. The number of piperidine rings is 1. The molecule has 1 heterocycles. The number of rotatable bonds is 3. The van der Waals surface area contributed by atoms with Gasteiger partial charge in [0.2, 0.25) is 10.0 Å². The van der Waals surface area contributed by atoms with Crippen molar-refractivity contribution >= 4 is 10.0 Å². The van der Waals surface area contributed by atoms with Crippen molar-refractivity contribution in [2.75, 3.05) is 13.1 Å². The van der Waals surface area contributed by atoms with E-state index in [2.05, 4.69) is 0 Å². The number of hydrogen-bond donors (Lipinski definition) is 1. The maximum absolute atomic E-state index is 13.1. The Bertz CT molecular complexity index is 917. The molecule has 1 saturated heterocycles. The monoisotopic (exact) mass is 398 g/mol. The van der Waals surface area contributed by atoms with E-state index in [4.69, 9.17) is 5.73 Å². The predicted molar refractivity (Wildman–Crippen MR) is 97.6 cm³/mol. The smallest absolute Gasteiger partial charge is 0.328 e. The molecule has 27 heavy (non-hydrogen) atoms. The van der Waals surface area contributed by atoms with Crippen molar-refractivity contribution in [1.82, 2.24) is 4.31 Å². The van der Waals surface area contributed by atoms with Gasteiger partial charge in [-0.3, -0.25) is 0 Å². The molecule has 146 valence electrons. The van der Waals surface area contributed by atoms with Crippen LogP contribution in [0.15, 0.2) is 47.4 Å². The van der Waals surface area contributed by atoms with E-state index in [9.17, 15) is 21.6 Å². The Morgan fingerprint density at radius 1 is 1.00 bits per heavy atom. The lowest BCUT2D eigenvalue weighted by molar-refractivity contribution is -0.138. The number of benzene rings is 2. The minimum atomic E-state index is -4.43. The number of alkyl halides is 3. The van der Waals surface area contributed by atoms with Gasteiger partial charge in [-0.15, -0.1) is 0 Å². The van der Waals surface area contributed by atoms with Crippen molar-refractivity contribution in [2.45, 2.75) is 36.9 Å². The van der Waals surface area contributed by atoms with Crippen molar-refractivity contribution in [3.63, 3.8) is 0 Å². The number of aryl methyl sites for hydroxylation is 1.